The van der Waals surface area contributed by atoms with Crippen LogP contribution in [0.1, 0.15) is 31.2 Å². The molecule has 0 fully saturated rings. The second kappa shape index (κ2) is 7.97. The number of hydrogen-bond donors (Lipinski definition) is 2. The summed E-state index contributed by atoms with van der Waals surface area (Å²) < 4.78 is 18.8. The molecule has 5 heteroatoms. The van der Waals surface area contributed by atoms with Gasteiger partial charge in [-0.2, -0.15) is 0 Å². The number of rotatable bonds is 6. The summed E-state index contributed by atoms with van der Waals surface area (Å²) in [6.45, 7) is 4.10. The van der Waals surface area contributed by atoms with Gasteiger partial charge in [0, 0.05) is 24.2 Å². The number of carbonyl (C=O) groups is 1. The van der Waals surface area contributed by atoms with E-state index >= 15 is 0 Å². The van der Waals surface area contributed by atoms with E-state index < -0.39 is 0 Å². The number of halogens is 1. The number of carbonyl (C=O) groups excluding carboxylic acids is 1. The van der Waals surface area contributed by atoms with Crippen molar-refractivity contribution in [3.63, 3.8) is 0 Å². The van der Waals surface area contributed by atoms with E-state index in [2.05, 4.69) is 17.6 Å². The molecular formula is C21H21FN2O2. The maximum absolute atomic E-state index is 13.0. The van der Waals surface area contributed by atoms with E-state index in [1.807, 2.05) is 36.4 Å². The van der Waals surface area contributed by atoms with Crippen molar-refractivity contribution >= 4 is 11.6 Å². The third-order valence-electron chi connectivity index (χ3n) is 4.08. The molecule has 26 heavy (non-hydrogen) atoms. The number of furan rings is 1. The molecule has 3 aromatic rings. The number of nitrogens with one attached hydrogen (secondary N) is 2. The molecule has 3 rings (SSSR count). The van der Waals surface area contributed by atoms with Crippen LogP contribution in [-0.4, -0.2) is 5.91 Å². The fourth-order valence-corrected chi connectivity index (χ4v) is 2.70. The molecule has 0 saturated carbocycles. The van der Waals surface area contributed by atoms with Gasteiger partial charge >= 0.3 is 0 Å². The Hall–Kier alpha value is -2.92. The Balaban J connectivity index is 1.62. The lowest BCUT2D eigenvalue weighted by molar-refractivity contribution is -0.114. The third kappa shape index (κ3) is 4.58. The van der Waals surface area contributed by atoms with E-state index in [0.29, 0.717) is 12.3 Å². The fraction of sp³-hybridized carbons (Fsp3) is 0.190. The highest BCUT2D eigenvalue weighted by Gasteiger charge is 2.09. The first-order valence-electron chi connectivity index (χ1n) is 8.47. The lowest BCUT2D eigenvalue weighted by Gasteiger charge is -2.14. The highest BCUT2D eigenvalue weighted by Crippen LogP contribution is 2.23. The summed E-state index contributed by atoms with van der Waals surface area (Å²) in [5.74, 6) is 1.15. The number of hydrogen-bond acceptors (Lipinski definition) is 3. The topological polar surface area (TPSA) is 54.3 Å². The summed E-state index contributed by atoms with van der Waals surface area (Å²) in [6.07, 6.45) is 0. The van der Waals surface area contributed by atoms with Gasteiger partial charge in [0.1, 0.15) is 17.3 Å². The van der Waals surface area contributed by atoms with Crippen LogP contribution in [0.2, 0.25) is 0 Å². The first-order valence-corrected chi connectivity index (χ1v) is 8.47. The Morgan fingerprint density at radius 3 is 2.62 bits per heavy atom. The van der Waals surface area contributed by atoms with Crippen LogP contribution in [0.5, 0.6) is 0 Å². The molecule has 4 nitrogen and oxygen atoms in total. The van der Waals surface area contributed by atoms with Gasteiger partial charge in [-0.1, -0.05) is 12.1 Å². The van der Waals surface area contributed by atoms with Crippen LogP contribution in [0.25, 0.3) is 11.3 Å². The SMILES string of the molecule is CC(=O)Nc1cccc(C(C)NCc2ccc(-c3ccc(F)cc3)o2)c1. The third-order valence-corrected chi connectivity index (χ3v) is 4.08. The number of benzene rings is 2. The second-order valence-electron chi connectivity index (χ2n) is 6.18. The van der Waals surface area contributed by atoms with Crippen LogP contribution in [0, 0.1) is 5.82 Å². The highest BCUT2D eigenvalue weighted by molar-refractivity contribution is 5.88. The molecule has 0 aliphatic heterocycles. The quantitative estimate of drug-likeness (QED) is 0.664. The molecule has 1 atom stereocenters. The van der Waals surface area contributed by atoms with Crippen LogP contribution in [0.4, 0.5) is 10.1 Å². The van der Waals surface area contributed by atoms with Gasteiger partial charge in [-0.3, -0.25) is 4.79 Å². The van der Waals surface area contributed by atoms with Gasteiger partial charge in [0.15, 0.2) is 0 Å². The first-order chi connectivity index (χ1) is 12.5. The summed E-state index contributed by atoms with van der Waals surface area (Å²) in [5.41, 5.74) is 2.69. The maximum atomic E-state index is 13.0. The van der Waals surface area contributed by atoms with Crippen LogP contribution in [-0.2, 0) is 11.3 Å². The molecule has 1 aromatic heterocycles. The predicted octanol–water partition coefficient (Wildman–Crippen LogP) is 4.89. The van der Waals surface area contributed by atoms with Gasteiger partial charge in [0.25, 0.3) is 0 Å². The van der Waals surface area contributed by atoms with Gasteiger partial charge < -0.3 is 15.1 Å². The molecule has 0 spiro atoms. The van der Waals surface area contributed by atoms with E-state index in [0.717, 1.165) is 22.6 Å². The largest absolute Gasteiger partial charge is 0.460 e. The molecule has 0 bridgehead atoms. The molecule has 0 radical (unpaired) electrons. The van der Waals surface area contributed by atoms with Crippen molar-refractivity contribution in [1.29, 1.82) is 0 Å². The zero-order chi connectivity index (χ0) is 18.5. The average Bonchev–Trinajstić information content (AvgIpc) is 3.09. The van der Waals surface area contributed by atoms with Crippen molar-refractivity contribution in [3.8, 4) is 11.3 Å². The van der Waals surface area contributed by atoms with Crippen LogP contribution >= 0.6 is 0 Å². The first kappa shape index (κ1) is 17.9. The summed E-state index contributed by atoms with van der Waals surface area (Å²) in [5, 5.41) is 6.19. The fourth-order valence-electron chi connectivity index (χ4n) is 2.70. The lowest BCUT2D eigenvalue weighted by atomic mass is 10.1. The normalized spacial score (nSPS) is 12.0. The standard InChI is InChI=1S/C21H21FN2O2/c1-14(17-4-3-5-19(12-17)24-15(2)25)23-13-20-10-11-21(26-20)16-6-8-18(22)9-7-16/h3-12,14,23H,13H2,1-2H3,(H,24,25). The van der Waals surface area contributed by atoms with Crippen LogP contribution in [0.3, 0.4) is 0 Å². The Labute approximate surface area is 152 Å². The van der Waals surface area contributed by atoms with E-state index in [1.165, 1.54) is 19.1 Å². The second-order valence-corrected chi connectivity index (χ2v) is 6.18. The van der Waals surface area contributed by atoms with Gasteiger partial charge in [0.05, 0.1) is 6.54 Å². The molecule has 0 aliphatic carbocycles. The molecular weight excluding hydrogens is 331 g/mol. The zero-order valence-electron chi connectivity index (χ0n) is 14.8. The summed E-state index contributed by atoms with van der Waals surface area (Å²) in [7, 11) is 0. The van der Waals surface area contributed by atoms with Gasteiger partial charge in [-0.15, -0.1) is 0 Å². The minimum absolute atomic E-state index is 0.0862. The predicted molar refractivity (Wildman–Crippen MR) is 100 cm³/mol. The van der Waals surface area contributed by atoms with Crippen molar-refractivity contribution in [1.82, 2.24) is 5.32 Å². The van der Waals surface area contributed by atoms with Crippen LogP contribution < -0.4 is 10.6 Å². The Morgan fingerprint density at radius 2 is 1.88 bits per heavy atom. The van der Waals surface area contributed by atoms with E-state index in [9.17, 15) is 9.18 Å². The molecule has 1 unspecified atom stereocenters. The van der Waals surface area contributed by atoms with Crippen molar-refractivity contribution in [2.75, 3.05) is 5.32 Å². The van der Waals surface area contributed by atoms with Crippen molar-refractivity contribution in [2.24, 2.45) is 0 Å². The molecule has 0 saturated heterocycles. The zero-order valence-corrected chi connectivity index (χ0v) is 14.8. The lowest BCUT2D eigenvalue weighted by Crippen LogP contribution is -2.18. The Bertz CT molecular complexity index is 887. The van der Waals surface area contributed by atoms with E-state index in [1.54, 1.807) is 12.1 Å². The Morgan fingerprint density at radius 1 is 1.12 bits per heavy atom. The van der Waals surface area contributed by atoms with Gasteiger partial charge in [-0.05, 0) is 61.0 Å². The summed E-state index contributed by atoms with van der Waals surface area (Å²) >= 11 is 0. The van der Waals surface area contributed by atoms with Gasteiger partial charge in [-0.25, -0.2) is 4.39 Å². The Kier molecular flexibility index (Phi) is 5.49. The highest BCUT2D eigenvalue weighted by atomic mass is 19.1. The van der Waals surface area contributed by atoms with E-state index in [-0.39, 0.29) is 17.8 Å². The summed E-state index contributed by atoms with van der Waals surface area (Å²) in [6, 6.07) is 17.8. The number of anilines is 1. The molecule has 1 heterocycles. The van der Waals surface area contributed by atoms with Crippen LogP contribution in [0.15, 0.2) is 65.1 Å². The summed E-state index contributed by atoms with van der Waals surface area (Å²) in [4.78, 5) is 11.2. The van der Waals surface area contributed by atoms with Crippen molar-refractivity contribution in [3.05, 3.63) is 77.8 Å². The molecule has 1 amide bonds. The molecule has 0 aliphatic rings. The maximum Gasteiger partial charge on any atom is 0.221 e. The van der Waals surface area contributed by atoms with Gasteiger partial charge in [0.2, 0.25) is 5.91 Å². The minimum Gasteiger partial charge on any atom is -0.460 e. The number of amides is 1. The smallest absolute Gasteiger partial charge is 0.221 e. The van der Waals surface area contributed by atoms with E-state index in [4.69, 9.17) is 4.42 Å². The van der Waals surface area contributed by atoms with Crippen molar-refractivity contribution in [2.45, 2.75) is 26.4 Å². The minimum atomic E-state index is -0.266. The average molecular weight is 352 g/mol. The molecule has 2 N–H and O–H groups in total. The monoisotopic (exact) mass is 352 g/mol. The van der Waals surface area contributed by atoms with Crippen molar-refractivity contribution < 1.29 is 13.6 Å². The molecule has 134 valence electrons. The molecule has 2 aromatic carbocycles.